The van der Waals surface area contributed by atoms with Crippen LogP contribution in [0, 0.1) is 0 Å². The summed E-state index contributed by atoms with van der Waals surface area (Å²) in [7, 11) is 2.08. The first-order chi connectivity index (χ1) is 8.75. The van der Waals surface area contributed by atoms with Crippen LogP contribution in [0.2, 0.25) is 0 Å². The number of hydrogen-bond donors (Lipinski definition) is 1. The first kappa shape index (κ1) is 11.7. The van der Waals surface area contributed by atoms with Gasteiger partial charge in [0.2, 0.25) is 0 Å². The molecule has 0 bridgehead atoms. The normalized spacial score (nSPS) is 21.6. The molecule has 4 heteroatoms. The number of nitrogens with zero attached hydrogens (tertiary/aromatic N) is 2. The molecule has 0 aliphatic carbocycles. The Morgan fingerprint density at radius 1 is 1.44 bits per heavy atom. The topological polar surface area (TPSA) is 39.1 Å². The van der Waals surface area contributed by atoms with Crippen LogP contribution in [-0.4, -0.2) is 28.8 Å². The van der Waals surface area contributed by atoms with Crippen LogP contribution in [0.5, 0.6) is 0 Å². The van der Waals surface area contributed by atoms with Gasteiger partial charge in [-0.2, -0.15) is 0 Å². The highest BCUT2D eigenvalue weighted by atomic mass is 16.5. The molecule has 4 nitrogen and oxygen atoms in total. The number of nitrogens with one attached hydrogen (secondary N) is 1. The molecule has 1 aromatic carbocycles. The maximum absolute atomic E-state index is 5.39. The smallest absolute Gasteiger partial charge is 0.126 e. The Bertz CT molecular complexity index is 543. The number of ether oxygens (including phenoxy) is 1. The number of aryl methyl sites for hydroxylation is 1. The van der Waals surface area contributed by atoms with E-state index in [1.165, 1.54) is 5.52 Å². The highest BCUT2D eigenvalue weighted by molar-refractivity contribution is 5.75. The zero-order valence-corrected chi connectivity index (χ0v) is 10.9. The summed E-state index contributed by atoms with van der Waals surface area (Å²) >= 11 is 0. The van der Waals surface area contributed by atoms with Crippen molar-refractivity contribution in [3.8, 4) is 0 Å². The summed E-state index contributed by atoms with van der Waals surface area (Å²) in [5, 5.41) is 3.59. The molecule has 2 unspecified atom stereocenters. The van der Waals surface area contributed by atoms with E-state index in [-0.39, 0.29) is 6.04 Å². The van der Waals surface area contributed by atoms with Gasteiger partial charge >= 0.3 is 0 Å². The molecule has 2 heterocycles. The average Bonchev–Trinajstić information content (AvgIpc) is 2.98. The number of fused-ring (bicyclic) bond motifs is 1. The zero-order chi connectivity index (χ0) is 12.5. The van der Waals surface area contributed by atoms with E-state index in [0.717, 1.165) is 31.0 Å². The van der Waals surface area contributed by atoms with Gasteiger partial charge in [-0.3, -0.25) is 0 Å². The van der Waals surface area contributed by atoms with Crippen molar-refractivity contribution in [1.82, 2.24) is 14.9 Å². The molecule has 2 aromatic rings. The first-order valence-corrected chi connectivity index (χ1v) is 6.51. The van der Waals surface area contributed by atoms with Gasteiger partial charge in [0.05, 0.1) is 23.7 Å². The van der Waals surface area contributed by atoms with Crippen molar-refractivity contribution in [3.05, 3.63) is 30.1 Å². The highest BCUT2D eigenvalue weighted by Crippen LogP contribution is 2.20. The molecule has 0 spiro atoms. The van der Waals surface area contributed by atoms with Crippen LogP contribution in [0.3, 0.4) is 0 Å². The van der Waals surface area contributed by atoms with E-state index in [4.69, 9.17) is 9.72 Å². The second-order valence-electron chi connectivity index (χ2n) is 4.97. The lowest BCUT2D eigenvalue weighted by Crippen LogP contribution is -2.32. The fourth-order valence-corrected chi connectivity index (χ4v) is 2.65. The molecule has 1 N–H and O–H groups in total. The summed E-state index contributed by atoms with van der Waals surface area (Å²) in [6.07, 6.45) is 1.09. The van der Waals surface area contributed by atoms with Crippen LogP contribution in [-0.2, 0) is 11.8 Å². The fourth-order valence-electron chi connectivity index (χ4n) is 2.65. The molecule has 18 heavy (non-hydrogen) atoms. The van der Waals surface area contributed by atoms with E-state index < -0.39 is 0 Å². The molecule has 2 atom stereocenters. The SMILES string of the molecule is CC(NC1CCOC1)c1nc2ccccc2n1C. The molecule has 0 saturated carbocycles. The van der Waals surface area contributed by atoms with E-state index in [9.17, 15) is 0 Å². The van der Waals surface area contributed by atoms with Crippen LogP contribution in [0.1, 0.15) is 25.2 Å². The number of hydrogen-bond acceptors (Lipinski definition) is 3. The Hall–Kier alpha value is -1.39. The van der Waals surface area contributed by atoms with Crippen molar-refractivity contribution in [2.24, 2.45) is 7.05 Å². The lowest BCUT2D eigenvalue weighted by Gasteiger charge is -2.17. The second kappa shape index (κ2) is 4.71. The van der Waals surface area contributed by atoms with Crippen LogP contribution < -0.4 is 5.32 Å². The predicted octanol–water partition coefficient (Wildman–Crippen LogP) is 2.01. The van der Waals surface area contributed by atoms with E-state index >= 15 is 0 Å². The Balaban J connectivity index is 1.86. The van der Waals surface area contributed by atoms with E-state index in [2.05, 4.69) is 42.1 Å². The average molecular weight is 245 g/mol. The minimum Gasteiger partial charge on any atom is -0.380 e. The summed E-state index contributed by atoms with van der Waals surface area (Å²) in [6, 6.07) is 8.95. The summed E-state index contributed by atoms with van der Waals surface area (Å²) in [5.41, 5.74) is 2.25. The zero-order valence-electron chi connectivity index (χ0n) is 10.9. The predicted molar refractivity (Wildman–Crippen MR) is 71.5 cm³/mol. The monoisotopic (exact) mass is 245 g/mol. The number of rotatable bonds is 3. The molecule has 1 fully saturated rings. The Labute approximate surface area is 107 Å². The van der Waals surface area contributed by atoms with E-state index in [1.807, 2.05) is 6.07 Å². The van der Waals surface area contributed by atoms with Gasteiger partial charge in [0.15, 0.2) is 0 Å². The Kier molecular flexibility index (Phi) is 3.06. The van der Waals surface area contributed by atoms with Gasteiger partial charge in [0.25, 0.3) is 0 Å². The Morgan fingerprint density at radius 2 is 2.28 bits per heavy atom. The van der Waals surface area contributed by atoms with Gasteiger partial charge < -0.3 is 14.6 Å². The molecule has 1 aliphatic rings. The van der Waals surface area contributed by atoms with Crippen molar-refractivity contribution in [2.75, 3.05) is 13.2 Å². The third kappa shape index (κ3) is 2.02. The third-order valence-corrected chi connectivity index (χ3v) is 3.62. The number of benzene rings is 1. The standard InChI is InChI=1S/C14H19N3O/c1-10(15-11-7-8-18-9-11)14-16-12-5-3-4-6-13(12)17(14)2/h3-6,10-11,15H,7-9H2,1-2H3. The molecule has 0 radical (unpaired) electrons. The molecule has 96 valence electrons. The lowest BCUT2D eigenvalue weighted by molar-refractivity contribution is 0.188. The molecule has 1 aliphatic heterocycles. The second-order valence-corrected chi connectivity index (χ2v) is 4.97. The van der Waals surface area contributed by atoms with Crippen molar-refractivity contribution in [3.63, 3.8) is 0 Å². The summed E-state index contributed by atoms with van der Waals surface area (Å²) in [5.74, 6) is 1.09. The molecular weight excluding hydrogens is 226 g/mol. The van der Waals surface area contributed by atoms with Gasteiger partial charge in [-0.25, -0.2) is 4.98 Å². The molecule has 1 saturated heterocycles. The van der Waals surface area contributed by atoms with Crippen molar-refractivity contribution >= 4 is 11.0 Å². The van der Waals surface area contributed by atoms with Crippen LogP contribution in [0.4, 0.5) is 0 Å². The maximum atomic E-state index is 5.39. The van der Waals surface area contributed by atoms with Gasteiger partial charge in [0.1, 0.15) is 5.82 Å². The summed E-state index contributed by atoms with van der Waals surface area (Å²) in [6.45, 7) is 3.85. The minimum atomic E-state index is 0.245. The van der Waals surface area contributed by atoms with Gasteiger partial charge in [-0.15, -0.1) is 0 Å². The van der Waals surface area contributed by atoms with Crippen molar-refractivity contribution < 1.29 is 4.74 Å². The first-order valence-electron chi connectivity index (χ1n) is 6.51. The van der Waals surface area contributed by atoms with Crippen molar-refractivity contribution in [2.45, 2.75) is 25.4 Å². The van der Waals surface area contributed by atoms with Gasteiger partial charge in [0, 0.05) is 19.7 Å². The van der Waals surface area contributed by atoms with Crippen LogP contribution in [0.25, 0.3) is 11.0 Å². The number of para-hydroxylation sites is 2. The van der Waals surface area contributed by atoms with Crippen molar-refractivity contribution in [1.29, 1.82) is 0 Å². The number of aromatic nitrogens is 2. The maximum Gasteiger partial charge on any atom is 0.126 e. The fraction of sp³-hybridized carbons (Fsp3) is 0.500. The van der Waals surface area contributed by atoms with E-state index in [0.29, 0.717) is 6.04 Å². The lowest BCUT2D eigenvalue weighted by atomic mass is 10.2. The number of imidazole rings is 1. The Morgan fingerprint density at radius 3 is 3.00 bits per heavy atom. The van der Waals surface area contributed by atoms with Gasteiger partial charge in [-0.05, 0) is 25.5 Å². The van der Waals surface area contributed by atoms with Gasteiger partial charge in [-0.1, -0.05) is 12.1 Å². The molecule has 0 amide bonds. The highest BCUT2D eigenvalue weighted by Gasteiger charge is 2.21. The van der Waals surface area contributed by atoms with E-state index in [1.54, 1.807) is 0 Å². The molecular formula is C14H19N3O. The van der Waals surface area contributed by atoms with Crippen LogP contribution in [0.15, 0.2) is 24.3 Å². The quantitative estimate of drug-likeness (QED) is 0.899. The third-order valence-electron chi connectivity index (χ3n) is 3.62. The largest absolute Gasteiger partial charge is 0.380 e. The molecule has 3 rings (SSSR count). The summed E-state index contributed by atoms with van der Waals surface area (Å²) < 4.78 is 7.56. The van der Waals surface area contributed by atoms with Crippen LogP contribution >= 0.6 is 0 Å². The summed E-state index contributed by atoms with van der Waals surface area (Å²) in [4.78, 5) is 4.71. The minimum absolute atomic E-state index is 0.245. The molecule has 1 aromatic heterocycles.